The van der Waals surface area contributed by atoms with E-state index in [4.69, 9.17) is 9.47 Å². The van der Waals surface area contributed by atoms with Crippen LogP contribution in [0.2, 0.25) is 0 Å². The number of benzene rings is 2. The maximum atomic E-state index is 13.8. The van der Waals surface area contributed by atoms with Crippen molar-refractivity contribution in [3.05, 3.63) is 65.7 Å². The molecule has 6 nitrogen and oxygen atoms in total. The molecule has 0 N–H and O–H groups in total. The van der Waals surface area contributed by atoms with E-state index in [9.17, 15) is 9.59 Å². The van der Waals surface area contributed by atoms with E-state index in [1.807, 2.05) is 105 Å². The van der Waals surface area contributed by atoms with Crippen molar-refractivity contribution in [2.45, 2.75) is 104 Å². The molecule has 0 aromatic heterocycles. The number of hydrogen-bond donors (Lipinski definition) is 0. The van der Waals surface area contributed by atoms with Crippen LogP contribution in [0.1, 0.15) is 96.5 Å². The molecule has 2 aromatic rings. The van der Waals surface area contributed by atoms with E-state index in [2.05, 4.69) is 28.9 Å². The highest BCUT2D eigenvalue weighted by atomic mass is 16.5. The SMILES string of the molecule is CC.CCC(Cc1ccccc1)(C(=O)c1ccc(N(C)CCOC(C)(C)C(=O)CCCCCOC(C)C)cc1)N(C)C. The quantitative estimate of drug-likeness (QED) is 0.125. The molecule has 0 saturated heterocycles. The number of carbonyl (C=O) groups is 2. The fraction of sp³-hybridized carbons (Fsp3) is 0.611. The summed E-state index contributed by atoms with van der Waals surface area (Å²) in [7, 11) is 5.98. The van der Waals surface area contributed by atoms with Crippen LogP contribution < -0.4 is 4.90 Å². The first-order valence-electron chi connectivity index (χ1n) is 15.8. The van der Waals surface area contributed by atoms with Crippen LogP contribution in [0.4, 0.5) is 5.69 Å². The van der Waals surface area contributed by atoms with E-state index in [0.717, 1.165) is 37.1 Å². The largest absolute Gasteiger partial charge is 0.379 e. The van der Waals surface area contributed by atoms with Crippen LogP contribution in [0.15, 0.2) is 54.6 Å². The molecule has 0 radical (unpaired) electrons. The normalized spacial score (nSPS) is 13.0. The summed E-state index contributed by atoms with van der Waals surface area (Å²) >= 11 is 0. The molecule has 42 heavy (non-hydrogen) atoms. The summed E-state index contributed by atoms with van der Waals surface area (Å²) in [4.78, 5) is 30.7. The van der Waals surface area contributed by atoms with Gasteiger partial charge in [0.25, 0.3) is 0 Å². The summed E-state index contributed by atoms with van der Waals surface area (Å²) in [5.74, 6) is 0.271. The highest BCUT2D eigenvalue weighted by molar-refractivity contribution is 6.03. The molecular weight excluding hydrogens is 524 g/mol. The molecule has 0 spiro atoms. The Kier molecular flexibility index (Phi) is 16.9. The number of likely N-dealkylation sites (N-methyl/N-ethyl adjacent to an activating group) is 2. The maximum Gasteiger partial charge on any atom is 0.183 e. The minimum atomic E-state index is -0.806. The number of nitrogens with zero attached hydrogens (tertiary/aromatic N) is 2. The van der Waals surface area contributed by atoms with E-state index >= 15 is 0 Å². The number of hydrogen-bond acceptors (Lipinski definition) is 6. The van der Waals surface area contributed by atoms with Gasteiger partial charge in [-0.25, -0.2) is 0 Å². The molecule has 1 unspecified atom stereocenters. The minimum Gasteiger partial charge on any atom is -0.379 e. The van der Waals surface area contributed by atoms with Crippen LogP contribution in [-0.2, 0) is 20.7 Å². The van der Waals surface area contributed by atoms with Gasteiger partial charge in [-0.2, -0.15) is 0 Å². The molecular formula is C36H58N2O4. The first-order valence-corrected chi connectivity index (χ1v) is 15.8. The van der Waals surface area contributed by atoms with Crippen molar-refractivity contribution in [1.29, 1.82) is 0 Å². The molecule has 0 bridgehead atoms. The summed E-state index contributed by atoms with van der Waals surface area (Å²) in [6, 6.07) is 18.0. The van der Waals surface area contributed by atoms with Gasteiger partial charge in [-0.05, 0) is 97.3 Å². The molecule has 0 fully saturated rings. The highest BCUT2D eigenvalue weighted by Gasteiger charge is 2.39. The van der Waals surface area contributed by atoms with Gasteiger partial charge < -0.3 is 14.4 Å². The fourth-order valence-corrected chi connectivity index (χ4v) is 4.94. The Balaban J connectivity index is 0.00000431. The van der Waals surface area contributed by atoms with Gasteiger partial charge in [0.1, 0.15) is 5.60 Å². The second kappa shape index (κ2) is 18.9. The van der Waals surface area contributed by atoms with Gasteiger partial charge in [0, 0.05) is 37.9 Å². The zero-order chi connectivity index (χ0) is 31.8. The molecule has 1 atom stereocenters. The second-order valence-corrected chi connectivity index (χ2v) is 11.8. The van der Waals surface area contributed by atoms with E-state index in [1.165, 1.54) is 0 Å². The number of carbonyl (C=O) groups excluding carboxylic acids is 2. The summed E-state index contributed by atoms with van der Waals surface area (Å²) in [6.45, 7) is 15.7. The Hall–Kier alpha value is -2.54. The standard InChI is InChI=1S/C34H52N2O4.C2H6/c1-9-34(35(6)7,26-28-16-12-10-13-17-28)32(38)29-19-21-30(22-20-29)36(8)23-25-40-33(4,5)31(37)18-14-11-15-24-39-27(2)3;1-2/h10,12-13,16-17,19-22,27H,9,11,14-15,18,23-26H2,1-8H3;1-2H3. The number of anilines is 1. The molecule has 0 aliphatic heterocycles. The van der Waals surface area contributed by atoms with Crippen LogP contribution >= 0.6 is 0 Å². The molecule has 0 saturated carbocycles. The fourth-order valence-electron chi connectivity index (χ4n) is 4.94. The van der Waals surface area contributed by atoms with Crippen LogP contribution in [0.25, 0.3) is 0 Å². The lowest BCUT2D eigenvalue weighted by atomic mass is 9.80. The average molecular weight is 583 g/mol. The third-order valence-electron chi connectivity index (χ3n) is 7.83. The maximum absolute atomic E-state index is 13.8. The number of Topliss-reactive ketones (excluding diaryl/α,β-unsaturated/α-hetero) is 2. The number of rotatable bonds is 19. The lowest BCUT2D eigenvalue weighted by Crippen LogP contribution is -2.52. The zero-order valence-corrected chi connectivity index (χ0v) is 28.2. The van der Waals surface area contributed by atoms with Crippen LogP contribution in [0.3, 0.4) is 0 Å². The summed E-state index contributed by atoms with van der Waals surface area (Å²) < 4.78 is 11.6. The van der Waals surface area contributed by atoms with Crippen molar-refractivity contribution in [3.8, 4) is 0 Å². The first-order chi connectivity index (χ1) is 19.9. The van der Waals surface area contributed by atoms with Crippen LogP contribution in [0.5, 0.6) is 0 Å². The molecule has 2 rings (SSSR count). The van der Waals surface area contributed by atoms with Crippen molar-refractivity contribution in [2.24, 2.45) is 0 Å². The molecule has 0 amide bonds. The van der Waals surface area contributed by atoms with E-state index < -0.39 is 11.1 Å². The number of ether oxygens (including phenoxy) is 2. The van der Waals surface area contributed by atoms with E-state index in [1.54, 1.807) is 0 Å². The monoisotopic (exact) mass is 582 g/mol. The zero-order valence-electron chi connectivity index (χ0n) is 28.2. The first kappa shape index (κ1) is 37.5. The Morgan fingerprint density at radius 1 is 0.857 bits per heavy atom. The Bertz CT molecular complexity index is 1030. The molecule has 0 aliphatic carbocycles. The highest BCUT2D eigenvalue weighted by Crippen LogP contribution is 2.28. The lowest BCUT2D eigenvalue weighted by Gasteiger charge is -2.38. The Morgan fingerprint density at radius 3 is 2.02 bits per heavy atom. The predicted octanol–water partition coefficient (Wildman–Crippen LogP) is 7.63. The van der Waals surface area contributed by atoms with Gasteiger partial charge >= 0.3 is 0 Å². The van der Waals surface area contributed by atoms with Crippen LogP contribution in [0, 0.1) is 0 Å². The van der Waals surface area contributed by atoms with Gasteiger partial charge in [-0.3, -0.25) is 14.5 Å². The van der Waals surface area contributed by atoms with Crippen molar-refractivity contribution in [1.82, 2.24) is 4.90 Å². The van der Waals surface area contributed by atoms with E-state index in [-0.39, 0.29) is 17.7 Å². The van der Waals surface area contributed by atoms with Gasteiger partial charge in [-0.1, -0.05) is 57.5 Å². The molecule has 0 aliphatic rings. The third kappa shape index (κ3) is 11.6. The Labute approximate surface area is 256 Å². The van der Waals surface area contributed by atoms with E-state index in [0.29, 0.717) is 38.0 Å². The van der Waals surface area contributed by atoms with Crippen molar-refractivity contribution in [3.63, 3.8) is 0 Å². The van der Waals surface area contributed by atoms with Gasteiger partial charge in [0.15, 0.2) is 11.6 Å². The number of ketones is 2. The van der Waals surface area contributed by atoms with Crippen molar-refractivity contribution in [2.75, 3.05) is 45.8 Å². The number of unbranched alkanes of at least 4 members (excludes halogenated alkanes) is 2. The smallest absolute Gasteiger partial charge is 0.183 e. The summed E-state index contributed by atoms with van der Waals surface area (Å²) in [5, 5.41) is 0. The molecule has 236 valence electrons. The Morgan fingerprint density at radius 2 is 1.48 bits per heavy atom. The lowest BCUT2D eigenvalue weighted by molar-refractivity contribution is -0.140. The van der Waals surface area contributed by atoms with Gasteiger partial charge in [0.2, 0.25) is 0 Å². The average Bonchev–Trinajstić information content (AvgIpc) is 2.98. The minimum absolute atomic E-state index is 0.133. The second-order valence-electron chi connectivity index (χ2n) is 11.8. The molecule has 0 heterocycles. The van der Waals surface area contributed by atoms with Crippen molar-refractivity contribution < 1.29 is 19.1 Å². The van der Waals surface area contributed by atoms with Crippen molar-refractivity contribution >= 4 is 17.3 Å². The van der Waals surface area contributed by atoms with Gasteiger partial charge in [0.05, 0.1) is 18.2 Å². The third-order valence-corrected chi connectivity index (χ3v) is 7.83. The molecule has 6 heteroatoms. The summed E-state index contributed by atoms with van der Waals surface area (Å²) in [5.41, 5.74) is 1.45. The predicted molar refractivity (Wildman–Crippen MR) is 177 cm³/mol. The topological polar surface area (TPSA) is 59.1 Å². The van der Waals surface area contributed by atoms with Gasteiger partial charge in [-0.15, -0.1) is 0 Å². The molecule has 2 aromatic carbocycles. The van der Waals surface area contributed by atoms with Crippen LogP contribution in [-0.4, -0.2) is 74.6 Å². The summed E-state index contributed by atoms with van der Waals surface area (Å²) in [6.07, 6.45) is 4.97.